The van der Waals surface area contributed by atoms with Gasteiger partial charge in [-0.3, -0.25) is 14.4 Å². The van der Waals surface area contributed by atoms with E-state index in [-0.39, 0.29) is 22.9 Å². The molecule has 1 aliphatic rings. The average molecular weight is 429 g/mol. The first-order valence-corrected chi connectivity index (χ1v) is 11.0. The molecule has 2 aromatic rings. The van der Waals surface area contributed by atoms with Crippen molar-refractivity contribution in [1.82, 2.24) is 14.5 Å². The van der Waals surface area contributed by atoms with Crippen LogP contribution in [0, 0.1) is 0 Å². The number of amides is 3. The zero-order valence-electron chi connectivity index (χ0n) is 16.7. The number of nitrogens with zero attached hydrogens (tertiary/aromatic N) is 2. The summed E-state index contributed by atoms with van der Waals surface area (Å²) >= 11 is 0. The number of carbonyl (C=O) groups excluding carboxylic acids is 3. The first-order valence-electron chi connectivity index (χ1n) is 9.54. The fourth-order valence-corrected chi connectivity index (χ4v) is 4.80. The van der Waals surface area contributed by atoms with Crippen molar-refractivity contribution in [2.45, 2.75) is 31.3 Å². The summed E-state index contributed by atoms with van der Waals surface area (Å²) < 4.78 is 26.1. The summed E-state index contributed by atoms with van der Waals surface area (Å²) in [4.78, 5) is 39.3. The summed E-state index contributed by atoms with van der Waals surface area (Å²) in [5.41, 5.74) is 0.817. The van der Waals surface area contributed by atoms with E-state index >= 15 is 0 Å². The Bertz CT molecular complexity index is 1070. The summed E-state index contributed by atoms with van der Waals surface area (Å²) in [6.07, 6.45) is 0. The Balaban J connectivity index is 1.88. The highest BCUT2D eigenvalue weighted by atomic mass is 32.2. The van der Waals surface area contributed by atoms with Gasteiger partial charge >= 0.3 is 0 Å². The number of fused-ring (bicyclic) bond motifs is 1. The minimum atomic E-state index is -4.12. The lowest BCUT2D eigenvalue weighted by atomic mass is 10.1. The van der Waals surface area contributed by atoms with Crippen LogP contribution in [-0.2, 0) is 26.2 Å². The van der Waals surface area contributed by atoms with Gasteiger partial charge in [0.1, 0.15) is 17.5 Å². The van der Waals surface area contributed by atoms with Gasteiger partial charge in [0.05, 0.1) is 5.56 Å². The molecular weight excluding hydrogens is 406 g/mol. The van der Waals surface area contributed by atoms with Crippen molar-refractivity contribution in [3.8, 4) is 0 Å². The maximum atomic E-state index is 13.1. The lowest BCUT2D eigenvalue weighted by molar-refractivity contribution is -0.140. The second kappa shape index (κ2) is 8.66. The fourth-order valence-electron chi connectivity index (χ4n) is 3.29. The van der Waals surface area contributed by atoms with Gasteiger partial charge in [-0.05, 0) is 31.5 Å². The third kappa shape index (κ3) is 4.06. The van der Waals surface area contributed by atoms with Crippen LogP contribution in [0.2, 0.25) is 0 Å². The van der Waals surface area contributed by atoms with Crippen molar-refractivity contribution in [2.24, 2.45) is 0 Å². The first-order chi connectivity index (χ1) is 14.3. The number of nitrogens with one attached hydrogen (secondary N) is 1. The maximum Gasteiger partial charge on any atom is 0.269 e. The molecule has 0 unspecified atom stereocenters. The van der Waals surface area contributed by atoms with Gasteiger partial charge < -0.3 is 10.2 Å². The van der Waals surface area contributed by atoms with Crippen molar-refractivity contribution < 1.29 is 22.8 Å². The number of carbonyl (C=O) groups is 3. The Morgan fingerprint density at radius 1 is 1.07 bits per heavy atom. The van der Waals surface area contributed by atoms with Gasteiger partial charge in [-0.1, -0.05) is 42.5 Å². The third-order valence-corrected chi connectivity index (χ3v) is 6.69. The highest BCUT2D eigenvalue weighted by molar-refractivity contribution is 7.90. The van der Waals surface area contributed by atoms with Crippen LogP contribution in [0.5, 0.6) is 0 Å². The quantitative estimate of drug-likeness (QED) is 0.716. The Hall–Kier alpha value is -3.20. The maximum absolute atomic E-state index is 13.1. The van der Waals surface area contributed by atoms with E-state index in [1.165, 1.54) is 23.1 Å². The molecule has 3 amide bonds. The number of hydrogen-bond donors (Lipinski definition) is 1. The monoisotopic (exact) mass is 429 g/mol. The largest absolute Gasteiger partial charge is 0.355 e. The van der Waals surface area contributed by atoms with Gasteiger partial charge in [-0.15, -0.1) is 0 Å². The molecular formula is C21H23N3O5S. The minimum Gasteiger partial charge on any atom is -0.355 e. The van der Waals surface area contributed by atoms with Gasteiger partial charge in [0.25, 0.3) is 15.9 Å². The topological polar surface area (TPSA) is 104 Å². The van der Waals surface area contributed by atoms with Crippen LogP contribution in [0.3, 0.4) is 0 Å². The van der Waals surface area contributed by atoms with Gasteiger partial charge in [0, 0.05) is 13.1 Å². The molecule has 2 aromatic carbocycles. The van der Waals surface area contributed by atoms with Crippen molar-refractivity contribution in [3.05, 3.63) is 65.7 Å². The van der Waals surface area contributed by atoms with Crippen LogP contribution in [0.1, 0.15) is 29.8 Å². The Kier molecular flexibility index (Phi) is 6.21. The standard InChI is InChI=1S/C21H23N3O5S/c1-3-22-20(26)15(2)23(13-16-9-5-4-6-10-16)19(25)14-24-21(27)17-11-7-8-12-18(17)30(24,28)29/h4-12,15H,3,13-14H2,1-2H3,(H,22,26)/t15-/m1/s1. The predicted octanol–water partition coefficient (Wildman–Crippen LogP) is 1.38. The zero-order chi connectivity index (χ0) is 21.9. The minimum absolute atomic E-state index is 0.0386. The summed E-state index contributed by atoms with van der Waals surface area (Å²) in [7, 11) is -4.12. The van der Waals surface area contributed by atoms with Crippen molar-refractivity contribution >= 4 is 27.7 Å². The van der Waals surface area contributed by atoms with E-state index in [1.807, 2.05) is 6.07 Å². The third-order valence-electron chi connectivity index (χ3n) is 4.90. The van der Waals surface area contributed by atoms with Gasteiger partial charge in [-0.25, -0.2) is 12.7 Å². The summed E-state index contributed by atoms with van der Waals surface area (Å²) in [6.45, 7) is 3.16. The molecule has 9 heteroatoms. The van der Waals surface area contributed by atoms with Crippen molar-refractivity contribution in [3.63, 3.8) is 0 Å². The van der Waals surface area contributed by atoms with E-state index in [1.54, 1.807) is 44.2 Å². The number of sulfonamides is 1. The molecule has 0 aliphatic carbocycles. The molecule has 0 spiro atoms. The highest BCUT2D eigenvalue weighted by Gasteiger charge is 2.43. The summed E-state index contributed by atoms with van der Waals surface area (Å²) in [5, 5.41) is 2.67. The molecule has 0 bridgehead atoms. The van der Waals surface area contributed by atoms with E-state index in [4.69, 9.17) is 0 Å². The molecule has 0 saturated carbocycles. The molecule has 3 rings (SSSR count). The number of hydrogen-bond acceptors (Lipinski definition) is 5. The normalized spacial score (nSPS) is 15.4. The number of benzene rings is 2. The summed E-state index contributed by atoms with van der Waals surface area (Å²) in [6, 6.07) is 14.0. The summed E-state index contributed by atoms with van der Waals surface area (Å²) in [5.74, 6) is -1.74. The smallest absolute Gasteiger partial charge is 0.269 e. The molecule has 0 aromatic heterocycles. The van der Waals surface area contributed by atoms with E-state index in [0.717, 1.165) is 5.56 Å². The van der Waals surface area contributed by atoms with E-state index in [2.05, 4.69) is 5.32 Å². The molecule has 0 saturated heterocycles. The highest BCUT2D eigenvalue weighted by Crippen LogP contribution is 2.30. The van der Waals surface area contributed by atoms with E-state index < -0.39 is 34.4 Å². The molecule has 1 atom stereocenters. The lowest BCUT2D eigenvalue weighted by Crippen LogP contribution is -2.51. The second-order valence-electron chi connectivity index (χ2n) is 6.89. The predicted molar refractivity (Wildman–Crippen MR) is 110 cm³/mol. The second-order valence-corrected chi connectivity index (χ2v) is 8.72. The van der Waals surface area contributed by atoms with Crippen LogP contribution >= 0.6 is 0 Å². The van der Waals surface area contributed by atoms with Crippen LogP contribution in [0.25, 0.3) is 0 Å². The molecule has 1 N–H and O–H groups in total. The average Bonchev–Trinajstić information content (AvgIpc) is 2.93. The van der Waals surface area contributed by atoms with Crippen LogP contribution < -0.4 is 5.32 Å². The van der Waals surface area contributed by atoms with Gasteiger partial charge in [0.15, 0.2) is 0 Å². The molecule has 0 radical (unpaired) electrons. The van der Waals surface area contributed by atoms with Crippen LogP contribution in [-0.4, -0.2) is 54.5 Å². The number of likely N-dealkylation sites (N-methyl/N-ethyl adjacent to an activating group) is 1. The molecule has 1 heterocycles. The van der Waals surface area contributed by atoms with Crippen LogP contribution in [0.4, 0.5) is 0 Å². The van der Waals surface area contributed by atoms with Gasteiger partial charge in [0.2, 0.25) is 11.8 Å². The van der Waals surface area contributed by atoms with Crippen molar-refractivity contribution in [2.75, 3.05) is 13.1 Å². The zero-order valence-corrected chi connectivity index (χ0v) is 17.6. The van der Waals surface area contributed by atoms with E-state index in [9.17, 15) is 22.8 Å². The van der Waals surface area contributed by atoms with Crippen molar-refractivity contribution in [1.29, 1.82) is 0 Å². The van der Waals surface area contributed by atoms with Gasteiger partial charge in [-0.2, -0.15) is 0 Å². The molecule has 1 aliphatic heterocycles. The Morgan fingerprint density at radius 2 is 1.70 bits per heavy atom. The molecule has 8 nitrogen and oxygen atoms in total. The Labute approximate surface area is 175 Å². The molecule has 158 valence electrons. The van der Waals surface area contributed by atoms with E-state index in [0.29, 0.717) is 10.8 Å². The fraction of sp³-hybridized carbons (Fsp3) is 0.286. The molecule has 30 heavy (non-hydrogen) atoms. The number of rotatable bonds is 7. The first kappa shape index (κ1) is 21.5. The molecule has 0 fully saturated rings. The lowest BCUT2D eigenvalue weighted by Gasteiger charge is -2.30. The van der Waals surface area contributed by atoms with Crippen LogP contribution in [0.15, 0.2) is 59.5 Å². The SMILES string of the molecule is CCNC(=O)[C@@H](C)N(Cc1ccccc1)C(=O)CN1C(=O)c2ccccc2S1(=O)=O. The Morgan fingerprint density at radius 3 is 2.33 bits per heavy atom.